The molecule has 1 heterocycles. The third-order valence-corrected chi connectivity index (χ3v) is 6.46. The summed E-state index contributed by atoms with van der Waals surface area (Å²) >= 11 is 0. The molecule has 0 atom stereocenters. The van der Waals surface area contributed by atoms with Crippen LogP contribution in [0.5, 0.6) is 0 Å². The van der Waals surface area contributed by atoms with Gasteiger partial charge in [0.15, 0.2) is 5.69 Å². The monoisotopic (exact) mass is 398 g/mol. The van der Waals surface area contributed by atoms with E-state index in [1.807, 2.05) is 0 Å². The Bertz CT molecular complexity index is 1010. The zero-order chi connectivity index (χ0) is 21.1. The topological polar surface area (TPSA) is 3.88 Å². The summed E-state index contributed by atoms with van der Waals surface area (Å²) in [5.41, 5.74) is 10.3. The molecule has 0 bridgehead atoms. The molecule has 0 fully saturated rings. The van der Waals surface area contributed by atoms with Crippen molar-refractivity contribution in [2.75, 3.05) is 0 Å². The summed E-state index contributed by atoms with van der Waals surface area (Å²) in [6.45, 7) is 10.5. The minimum atomic E-state index is 0.0930. The van der Waals surface area contributed by atoms with Gasteiger partial charge in [-0.1, -0.05) is 89.1 Å². The van der Waals surface area contributed by atoms with Gasteiger partial charge in [0, 0.05) is 29.0 Å². The van der Waals surface area contributed by atoms with Crippen LogP contribution in [0, 0.1) is 0 Å². The van der Waals surface area contributed by atoms with Crippen molar-refractivity contribution < 1.29 is 4.57 Å². The Balaban J connectivity index is 1.97. The van der Waals surface area contributed by atoms with E-state index >= 15 is 0 Å². The molecule has 3 aromatic rings. The highest BCUT2D eigenvalue weighted by Gasteiger charge is 2.35. The standard InChI is InChI=1S/C29H36N/c1-5-6-7-13-20-30-27(29(2,3)4)21-26(22-14-9-8-10-15-22)25-19-18-23-16-11-12-17-24(23)28(25)30/h8-12,14-17,21H,5-7,13,18-20H2,1-4H3/q+1. The van der Waals surface area contributed by atoms with Crippen molar-refractivity contribution in [2.24, 2.45) is 0 Å². The Morgan fingerprint density at radius 2 is 1.53 bits per heavy atom. The van der Waals surface area contributed by atoms with Crippen LogP contribution in [0.2, 0.25) is 0 Å². The maximum Gasteiger partial charge on any atom is 0.216 e. The molecule has 30 heavy (non-hydrogen) atoms. The van der Waals surface area contributed by atoms with Crippen molar-refractivity contribution in [1.82, 2.24) is 0 Å². The molecule has 0 aliphatic heterocycles. The van der Waals surface area contributed by atoms with Crippen LogP contribution in [-0.4, -0.2) is 0 Å². The third-order valence-electron chi connectivity index (χ3n) is 6.46. The largest absolute Gasteiger partial charge is 0.216 e. The molecule has 1 aliphatic carbocycles. The molecule has 1 nitrogen and oxygen atoms in total. The molecule has 1 heteroatoms. The minimum absolute atomic E-state index is 0.0930. The quantitative estimate of drug-likeness (QED) is 0.303. The molecule has 0 spiro atoms. The first-order chi connectivity index (χ1) is 14.5. The van der Waals surface area contributed by atoms with Gasteiger partial charge in [-0.25, -0.2) is 0 Å². The molecule has 1 aromatic heterocycles. The third kappa shape index (κ3) is 4.08. The molecule has 0 saturated heterocycles. The predicted octanol–water partition coefficient (Wildman–Crippen LogP) is 7.28. The average Bonchev–Trinajstić information content (AvgIpc) is 2.76. The average molecular weight is 399 g/mol. The maximum absolute atomic E-state index is 2.68. The van der Waals surface area contributed by atoms with Gasteiger partial charge in [-0.05, 0) is 42.0 Å². The van der Waals surface area contributed by atoms with Crippen molar-refractivity contribution in [3.63, 3.8) is 0 Å². The first kappa shape index (κ1) is 20.8. The fraction of sp³-hybridized carbons (Fsp3) is 0.414. The molecular formula is C29H36N+. The molecule has 0 amide bonds. The number of rotatable bonds is 6. The summed E-state index contributed by atoms with van der Waals surface area (Å²) in [7, 11) is 0. The Hall–Kier alpha value is -2.41. The van der Waals surface area contributed by atoms with Gasteiger partial charge in [0.05, 0.1) is 0 Å². The van der Waals surface area contributed by atoms with E-state index in [0.717, 1.165) is 19.4 Å². The number of fused-ring (bicyclic) bond motifs is 3. The van der Waals surface area contributed by atoms with E-state index in [0.29, 0.717) is 0 Å². The molecular weight excluding hydrogens is 362 g/mol. The van der Waals surface area contributed by atoms with Gasteiger partial charge in [-0.2, -0.15) is 4.57 Å². The van der Waals surface area contributed by atoms with E-state index in [1.165, 1.54) is 64.9 Å². The van der Waals surface area contributed by atoms with Gasteiger partial charge in [0.2, 0.25) is 5.69 Å². The highest BCUT2D eigenvalue weighted by atomic mass is 15.0. The lowest BCUT2D eigenvalue weighted by molar-refractivity contribution is -0.697. The zero-order valence-corrected chi connectivity index (χ0v) is 19.2. The number of unbranched alkanes of at least 4 members (excludes halogenated alkanes) is 3. The Labute approximate surface area is 182 Å². The summed E-state index contributed by atoms with van der Waals surface area (Å²) in [6.07, 6.45) is 7.42. The van der Waals surface area contributed by atoms with Crippen LogP contribution in [-0.2, 0) is 24.8 Å². The van der Waals surface area contributed by atoms with Crippen molar-refractivity contribution >= 4 is 0 Å². The summed E-state index contributed by atoms with van der Waals surface area (Å²) in [6, 6.07) is 22.6. The van der Waals surface area contributed by atoms with Gasteiger partial charge in [0.1, 0.15) is 6.54 Å². The first-order valence-corrected chi connectivity index (χ1v) is 11.7. The zero-order valence-electron chi connectivity index (χ0n) is 19.2. The second-order valence-electron chi connectivity index (χ2n) is 9.76. The van der Waals surface area contributed by atoms with Gasteiger partial charge in [-0.3, -0.25) is 0 Å². The van der Waals surface area contributed by atoms with Crippen molar-refractivity contribution in [3.05, 3.63) is 77.5 Å². The van der Waals surface area contributed by atoms with E-state index in [9.17, 15) is 0 Å². The number of aryl methyl sites for hydroxylation is 1. The van der Waals surface area contributed by atoms with Crippen molar-refractivity contribution in [1.29, 1.82) is 0 Å². The molecule has 0 saturated carbocycles. The number of hydrogen-bond acceptors (Lipinski definition) is 0. The number of benzene rings is 2. The maximum atomic E-state index is 2.68. The number of hydrogen-bond donors (Lipinski definition) is 0. The Kier molecular flexibility index (Phi) is 6.09. The number of pyridine rings is 1. The van der Waals surface area contributed by atoms with Gasteiger partial charge in [0.25, 0.3) is 0 Å². The van der Waals surface area contributed by atoms with Gasteiger partial charge < -0.3 is 0 Å². The molecule has 1 aliphatic rings. The molecule has 2 aromatic carbocycles. The summed E-state index contributed by atoms with van der Waals surface area (Å²) in [5.74, 6) is 0. The molecule has 156 valence electrons. The van der Waals surface area contributed by atoms with E-state index in [-0.39, 0.29) is 5.41 Å². The Morgan fingerprint density at radius 1 is 0.800 bits per heavy atom. The molecule has 0 unspecified atom stereocenters. The summed E-state index contributed by atoms with van der Waals surface area (Å²) < 4.78 is 2.68. The van der Waals surface area contributed by atoms with Crippen LogP contribution in [0.25, 0.3) is 22.4 Å². The number of aromatic nitrogens is 1. The molecule has 0 N–H and O–H groups in total. The lowest BCUT2D eigenvalue weighted by Crippen LogP contribution is -2.47. The predicted molar refractivity (Wildman–Crippen MR) is 128 cm³/mol. The fourth-order valence-corrected chi connectivity index (χ4v) is 4.93. The second kappa shape index (κ2) is 8.76. The SMILES string of the molecule is CCCCCC[n+]1c(C(C)(C)C)cc(-c2ccccc2)c2c1-c1ccccc1CC2. The van der Waals surface area contributed by atoms with E-state index < -0.39 is 0 Å². The first-order valence-electron chi connectivity index (χ1n) is 11.7. The van der Waals surface area contributed by atoms with E-state index in [4.69, 9.17) is 0 Å². The van der Waals surface area contributed by atoms with Crippen LogP contribution in [0.15, 0.2) is 60.7 Å². The normalized spacial score (nSPS) is 13.1. The fourth-order valence-electron chi connectivity index (χ4n) is 4.93. The minimum Gasteiger partial charge on any atom is -0.195 e. The summed E-state index contributed by atoms with van der Waals surface area (Å²) in [5, 5.41) is 0. The van der Waals surface area contributed by atoms with Gasteiger partial charge >= 0.3 is 0 Å². The smallest absolute Gasteiger partial charge is 0.195 e. The van der Waals surface area contributed by atoms with E-state index in [1.54, 1.807) is 0 Å². The Morgan fingerprint density at radius 3 is 2.27 bits per heavy atom. The van der Waals surface area contributed by atoms with Crippen molar-refractivity contribution in [3.8, 4) is 22.4 Å². The highest BCUT2D eigenvalue weighted by Crippen LogP contribution is 2.39. The van der Waals surface area contributed by atoms with Crippen LogP contribution >= 0.6 is 0 Å². The van der Waals surface area contributed by atoms with Crippen LogP contribution in [0.4, 0.5) is 0 Å². The molecule has 0 radical (unpaired) electrons. The van der Waals surface area contributed by atoms with Crippen LogP contribution in [0.1, 0.15) is 70.2 Å². The highest BCUT2D eigenvalue weighted by molar-refractivity contribution is 5.78. The van der Waals surface area contributed by atoms with Crippen LogP contribution in [0.3, 0.4) is 0 Å². The van der Waals surface area contributed by atoms with Crippen LogP contribution < -0.4 is 4.57 Å². The summed E-state index contributed by atoms with van der Waals surface area (Å²) in [4.78, 5) is 0. The lowest BCUT2D eigenvalue weighted by Gasteiger charge is -2.26. The van der Waals surface area contributed by atoms with Gasteiger partial charge in [-0.15, -0.1) is 0 Å². The second-order valence-corrected chi connectivity index (χ2v) is 9.76. The van der Waals surface area contributed by atoms with E-state index in [2.05, 4.69) is 92.9 Å². The molecule has 4 rings (SSSR count). The lowest BCUT2D eigenvalue weighted by atomic mass is 9.81. The van der Waals surface area contributed by atoms with Crippen molar-refractivity contribution in [2.45, 2.75) is 78.2 Å². The number of nitrogens with zero attached hydrogens (tertiary/aromatic N) is 1.